The molecule has 2 aliphatic heterocycles. The number of rotatable bonds is 3. The maximum atomic E-state index is 13.3. The largest absolute Gasteiger partial charge is 0.351 e. The maximum Gasteiger partial charge on any atom is 0.230 e. The number of carbonyl (C=O) groups is 2. The minimum absolute atomic E-state index is 0.00132. The second kappa shape index (κ2) is 6.80. The number of carbonyl (C=O) groups excluding carboxylic acids is 2. The Morgan fingerprint density at radius 2 is 2.04 bits per heavy atom. The van der Waals surface area contributed by atoms with Crippen molar-refractivity contribution in [2.75, 3.05) is 26.2 Å². The monoisotopic (exact) mass is 321 g/mol. The van der Waals surface area contributed by atoms with Gasteiger partial charge < -0.3 is 15.5 Å². The first-order valence-corrected chi connectivity index (χ1v) is 9.33. The van der Waals surface area contributed by atoms with E-state index in [1.54, 1.807) is 0 Å². The summed E-state index contributed by atoms with van der Waals surface area (Å²) in [5, 5.41) is 6.58. The van der Waals surface area contributed by atoms with Crippen LogP contribution in [0.4, 0.5) is 0 Å². The Hall–Kier alpha value is -1.10. The first kappa shape index (κ1) is 16.7. The van der Waals surface area contributed by atoms with Gasteiger partial charge in [-0.3, -0.25) is 9.59 Å². The predicted molar refractivity (Wildman–Crippen MR) is 89.8 cm³/mol. The first-order chi connectivity index (χ1) is 11.0. The van der Waals surface area contributed by atoms with Gasteiger partial charge in [-0.1, -0.05) is 26.7 Å². The van der Waals surface area contributed by atoms with Crippen LogP contribution in [0, 0.1) is 17.3 Å². The molecule has 0 spiro atoms. The number of nitrogens with one attached hydrogen (secondary N) is 2. The summed E-state index contributed by atoms with van der Waals surface area (Å²) in [6.45, 7) is 7.20. The Kier molecular flexibility index (Phi) is 4.95. The van der Waals surface area contributed by atoms with E-state index in [4.69, 9.17) is 0 Å². The van der Waals surface area contributed by atoms with Gasteiger partial charge in [0.25, 0.3) is 0 Å². The molecule has 0 aromatic rings. The average Bonchev–Trinajstić information content (AvgIpc) is 2.99. The van der Waals surface area contributed by atoms with E-state index in [1.807, 2.05) is 18.7 Å². The number of nitrogens with zero attached hydrogens (tertiary/aromatic N) is 1. The summed E-state index contributed by atoms with van der Waals surface area (Å²) in [4.78, 5) is 27.3. The summed E-state index contributed by atoms with van der Waals surface area (Å²) >= 11 is 0. The summed E-state index contributed by atoms with van der Waals surface area (Å²) < 4.78 is 0. The number of amides is 2. The molecule has 2 amide bonds. The van der Waals surface area contributed by atoms with Gasteiger partial charge in [-0.25, -0.2) is 0 Å². The van der Waals surface area contributed by atoms with Gasteiger partial charge >= 0.3 is 0 Å². The summed E-state index contributed by atoms with van der Waals surface area (Å²) in [6, 6.07) is 0.121. The minimum atomic E-state index is -0.164. The average molecular weight is 321 g/mol. The van der Waals surface area contributed by atoms with Crippen LogP contribution in [0.3, 0.4) is 0 Å². The third-order valence-electron chi connectivity index (χ3n) is 6.04. The van der Waals surface area contributed by atoms with E-state index in [0.717, 1.165) is 38.9 Å². The Labute approximate surface area is 139 Å². The van der Waals surface area contributed by atoms with Crippen molar-refractivity contribution in [1.82, 2.24) is 15.5 Å². The van der Waals surface area contributed by atoms with Gasteiger partial charge in [-0.2, -0.15) is 0 Å². The third-order valence-corrected chi connectivity index (χ3v) is 6.04. The Morgan fingerprint density at radius 3 is 2.83 bits per heavy atom. The van der Waals surface area contributed by atoms with E-state index >= 15 is 0 Å². The lowest BCUT2D eigenvalue weighted by molar-refractivity contribution is -0.147. The first-order valence-electron chi connectivity index (χ1n) is 9.33. The van der Waals surface area contributed by atoms with Crippen molar-refractivity contribution < 1.29 is 9.59 Å². The fraction of sp³-hybridized carbons (Fsp3) is 0.889. The van der Waals surface area contributed by atoms with Crippen LogP contribution in [0.2, 0.25) is 0 Å². The smallest absolute Gasteiger partial charge is 0.230 e. The molecule has 0 radical (unpaired) electrons. The molecule has 1 aliphatic carbocycles. The molecule has 130 valence electrons. The molecule has 3 fully saturated rings. The molecule has 2 heterocycles. The molecule has 3 rings (SSSR count). The fourth-order valence-corrected chi connectivity index (χ4v) is 4.63. The molecule has 23 heavy (non-hydrogen) atoms. The number of piperidine rings is 1. The zero-order valence-corrected chi connectivity index (χ0v) is 14.6. The van der Waals surface area contributed by atoms with Crippen LogP contribution < -0.4 is 10.6 Å². The highest BCUT2D eigenvalue weighted by molar-refractivity contribution is 5.84. The predicted octanol–water partition coefficient (Wildman–Crippen LogP) is 1.53. The summed E-state index contributed by atoms with van der Waals surface area (Å²) in [5.41, 5.74) is -0.164. The van der Waals surface area contributed by atoms with Crippen LogP contribution in [-0.4, -0.2) is 48.9 Å². The molecule has 2 N–H and O–H groups in total. The molecular formula is C18H31N3O2. The van der Waals surface area contributed by atoms with Crippen molar-refractivity contribution in [2.45, 2.75) is 58.4 Å². The number of hydrogen-bond acceptors (Lipinski definition) is 3. The van der Waals surface area contributed by atoms with E-state index in [-0.39, 0.29) is 23.3 Å². The molecular weight excluding hydrogens is 290 g/mol. The molecule has 0 aromatic heterocycles. The zero-order valence-electron chi connectivity index (χ0n) is 14.6. The molecule has 0 aromatic carbocycles. The molecule has 1 saturated carbocycles. The van der Waals surface area contributed by atoms with Crippen LogP contribution >= 0.6 is 0 Å². The Morgan fingerprint density at radius 1 is 1.22 bits per heavy atom. The lowest BCUT2D eigenvalue weighted by atomic mass is 9.67. The lowest BCUT2D eigenvalue weighted by Crippen LogP contribution is -2.56. The number of hydrogen-bond donors (Lipinski definition) is 2. The highest BCUT2D eigenvalue weighted by atomic mass is 16.2. The topological polar surface area (TPSA) is 61.4 Å². The van der Waals surface area contributed by atoms with Gasteiger partial charge in [0.2, 0.25) is 11.8 Å². The third kappa shape index (κ3) is 3.25. The highest BCUT2D eigenvalue weighted by Crippen LogP contribution is 2.45. The van der Waals surface area contributed by atoms with Crippen molar-refractivity contribution >= 4 is 11.8 Å². The quantitative estimate of drug-likeness (QED) is 0.829. The van der Waals surface area contributed by atoms with Gasteiger partial charge in [-0.15, -0.1) is 0 Å². The van der Waals surface area contributed by atoms with Gasteiger partial charge in [0.15, 0.2) is 0 Å². The highest BCUT2D eigenvalue weighted by Gasteiger charge is 2.51. The Balaban J connectivity index is 1.66. The molecule has 3 aliphatic rings. The lowest BCUT2D eigenvalue weighted by Gasteiger charge is -2.43. The fourth-order valence-electron chi connectivity index (χ4n) is 4.63. The van der Waals surface area contributed by atoms with Crippen molar-refractivity contribution in [3.05, 3.63) is 0 Å². The normalized spacial score (nSPS) is 34.3. The number of likely N-dealkylation sites (tertiary alicyclic amines) is 1. The van der Waals surface area contributed by atoms with E-state index in [2.05, 4.69) is 10.6 Å². The molecule has 2 saturated heterocycles. The van der Waals surface area contributed by atoms with E-state index in [1.165, 1.54) is 19.3 Å². The molecule has 3 atom stereocenters. The molecule has 5 heteroatoms. The molecule has 0 bridgehead atoms. The summed E-state index contributed by atoms with van der Waals surface area (Å²) in [6.07, 6.45) is 6.61. The second-order valence-corrected chi connectivity index (χ2v) is 7.98. The SMILES string of the molecule is CC(C)C(=O)NC1CCCN(C(=O)[C@@]23CCCC[C@H]2CNC3)C1. The van der Waals surface area contributed by atoms with E-state index in [0.29, 0.717) is 18.4 Å². The van der Waals surface area contributed by atoms with Crippen molar-refractivity contribution in [1.29, 1.82) is 0 Å². The van der Waals surface area contributed by atoms with Gasteiger partial charge in [0.1, 0.15) is 0 Å². The van der Waals surface area contributed by atoms with E-state index < -0.39 is 0 Å². The summed E-state index contributed by atoms with van der Waals surface area (Å²) in [5.74, 6) is 0.951. The second-order valence-electron chi connectivity index (χ2n) is 7.98. The van der Waals surface area contributed by atoms with Crippen LogP contribution in [-0.2, 0) is 9.59 Å². The van der Waals surface area contributed by atoms with Crippen LogP contribution in [0.25, 0.3) is 0 Å². The number of fused-ring (bicyclic) bond motifs is 1. The van der Waals surface area contributed by atoms with Crippen molar-refractivity contribution in [3.63, 3.8) is 0 Å². The summed E-state index contributed by atoms with van der Waals surface area (Å²) in [7, 11) is 0. The van der Waals surface area contributed by atoms with Crippen molar-refractivity contribution in [3.8, 4) is 0 Å². The molecule has 1 unspecified atom stereocenters. The van der Waals surface area contributed by atoms with Gasteiger partial charge in [0, 0.05) is 31.6 Å². The molecule has 5 nitrogen and oxygen atoms in total. The standard InChI is InChI=1S/C18H31N3O2/c1-13(2)16(22)20-15-7-5-9-21(11-15)17(23)18-8-4-3-6-14(18)10-19-12-18/h13-15,19H,3-12H2,1-2H3,(H,20,22)/t14-,15?,18+/m0/s1. The van der Waals surface area contributed by atoms with Crippen molar-refractivity contribution in [2.24, 2.45) is 17.3 Å². The Bertz CT molecular complexity index is 465. The zero-order chi connectivity index (χ0) is 16.4. The van der Waals surface area contributed by atoms with Gasteiger partial charge in [-0.05, 0) is 38.1 Å². The maximum absolute atomic E-state index is 13.3. The van der Waals surface area contributed by atoms with E-state index in [9.17, 15) is 9.59 Å². The van der Waals surface area contributed by atoms with Crippen LogP contribution in [0.5, 0.6) is 0 Å². The van der Waals surface area contributed by atoms with Gasteiger partial charge in [0.05, 0.1) is 5.41 Å². The van der Waals surface area contributed by atoms with Crippen LogP contribution in [0.1, 0.15) is 52.4 Å². The minimum Gasteiger partial charge on any atom is -0.351 e. The van der Waals surface area contributed by atoms with Crippen LogP contribution in [0.15, 0.2) is 0 Å².